The molecular formula is C23H19FN4O2S2. The number of nitrogens with one attached hydrogen (secondary N) is 1. The fraction of sp³-hybridized carbons (Fsp3) is 0.130. The summed E-state index contributed by atoms with van der Waals surface area (Å²) in [4.78, 5) is 17.7. The molecule has 6 nitrogen and oxygen atoms in total. The van der Waals surface area contributed by atoms with Crippen molar-refractivity contribution in [3.63, 3.8) is 0 Å². The van der Waals surface area contributed by atoms with Crippen molar-refractivity contribution in [3.8, 4) is 26.9 Å². The van der Waals surface area contributed by atoms with Gasteiger partial charge in [0.05, 0.1) is 23.4 Å². The van der Waals surface area contributed by atoms with E-state index in [0.29, 0.717) is 10.7 Å². The first-order valence-corrected chi connectivity index (χ1v) is 11.5. The van der Waals surface area contributed by atoms with Crippen molar-refractivity contribution in [2.24, 2.45) is 0 Å². The van der Waals surface area contributed by atoms with Crippen LogP contribution in [-0.4, -0.2) is 34.0 Å². The molecule has 2 aromatic heterocycles. The maximum absolute atomic E-state index is 13.2. The van der Waals surface area contributed by atoms with E-state index in [-0.39, 0.29) is 11.7 Å². The largest absolute Gasteiger partial charge is 0.497 e. The Morgan fingerprint density at radius 1 is 1.12 bits per heavy atom. The normalized spacial score (nSPS) is 10.7. The van der Waals surface area contributed by atoms with Crippen LogP contribution < -0.4 is 10.1 Å². The molecule has 0 spiro atoms. The average Bonchev–Trinajstić information content (AvgIpc) is 3.20. The number of hydrogen-bond donors (Lipinski definition) is 1. The number of carbonyl (C=O) groups excluding carboxylic acids is 1. The summed E-state index contributed by atoms with van der Waals surface area (Å²) >= 11 is 2.80. The maximum atomic E-state index is 13.2. The third-order valence-corrected chi connectivity index (χ3v) is 6.59. The van der Waals surface area contributed by atoms with E-state index in [9.17, 15) is 9.18 Å². The second-order valence-corrected chi connectivity index (χ2v) is 8.76. The molecule has 0 unspecified atom stereocenters. The van der Waals surface area contributed by atoms with Gasteiger partial charge in [-0.3, -0.25) is 4.79 Å². The molecule has 4 aromatic rings. The Balaban J connectivity index is 1.41. The van der Waals surface area contributed by atoms with Crippen LogP contribution in [0.2, 0.25) is 0 Å². The number of halogens is 1. The van der Waals surface area contributed by atoms with E-state index in [1.807, 2.05) is 43.3 Å². The summed E-state index contributed by atoms with van der Waals surface area (Å²) in [5.74, 6) is 0.279. The summed E-state index contributed by atoms with van der Waals surface area (Å²) in [6.07, 6.45) is 0. The number of thioether (sulfide) groups is 1. The standard InChI is InChI=1S/C23H19FN4O2S2/c1-14-22(32-23(25-14)15-5-3-8-18(11-15)30-2)19-9-10-21(28-27-19)31-13-20(29)26-17-7-4-6-16(24)12-17/h3-12H,13H2,1-2H3,(H,26,29). The minimum atomic E-state index is -0.398. The van der Waals surface area contributed by atoms with Crippen LogP contribution in [0.3, 0.4) is 0 Å². The van der Waals surface area contributed by atoms with Crippen LogP contribution in [-0.2, 0) is 4.79 Å². The van der Waals surface area contributed by atoms with Gasteiger partial charge in [0.15, 0.2) is 0 Å². The number of carbonyl (C=O) groups is 1. The fourth-order valence-electron chi connectivity index (χ4n) is 2.93. The van der Waals surface area contributed by atoms with Crippen molar-refractivity contribution >= 4 is 34.7 Å². The third kappa shape index (κ3) is 5.30. The molecule has 2 heterocycles. The van der Waals surface area contributed by atoms with Gasteiger partial charge in [0, 0.05) is 11.3 Å². The molecule has 0 fully saturated rings. The van der Waals surface area contributed by atoms with Gasteiger partial charge in [-0.1, -0.05) is 30.0 Å². The minimum absolute atomic E-state index is 0.143. The van der Waals surface area contributed by atoms with Gasteiger partial charge in [0.25, 0.3) is 0 Å². The molecule has 0 saturated carbocycles. The Morgan fingerprint density at radius 3 is 2.72 bits per heavy atom. The van der Waals surface area contributed by atoms with E-state index >= 15 is 0 Å². The second kappa shape index (κ2) is 9.88. The zero-order valence-electron chi connectivity index (χ0n) is 17.3. The van der Waals surface area contributed by atoms with Crippen LogP contribution in [0.4, 0.5) is 10.1 Å². The van der Waals surface area contributed by atoms with E-state index in [0.717, 1.165) is 32.6 Å². The number of aryl methyl sites for hydroxylation is 1. The highest BCUT2D eigenvalue weighted by molar-refractivity contribution is 7.99. The molecule has 0 aliphatic rings. The predicted octanol–water partition coefficient (Wildman–Crippen LogP) is 5.45. The van der Waals surface area contributed by atoms with Gasteiger partial charge in [-0.25, -0.2) is 9.37 Å². The molecule has 2 aromatic carbocycles. The summed E-state index contributed by atoms with van der Waals surface area (Å²) in [5.41, 5.74) is 3.00. The van der Waals surface area contributed by atoms with Gasteiger partial charge in [-0.15, -0.1) is 21.5 Å². The number of anilines is 1. The molecule has 4 rings (SSSR count). The molecule has 1 N–H and O–H groups in total. The lowest BCUT2D eigenvalue weighted by Gasteiger charge is -2.05. The first kappa shape index (κ1) is 21.9. The van der Waals surface area contributed by atoms with Gasteiger partial charge in [0.2, 0.25) is 5.91 Å². The number of rotatable bonds is 7. The molecule has 1 amide bonds. The molecule has 0 aliphatic heterocycles. The van der Waals surface area contributed by atoms with Crippen LogP contribution in [0, 0.1) is 12.7 Å². The lowest BCUT2D eigenvalue weighted by Crippen LogP contribution is -2.14. The van der Waals surface area contributed by atoms with Crippen molar-refractivity contribution in [2.75, 3.05) is 18.2 Å². The smallest absolute Gasteiger partial charge is 0.234 e. The summed E-state index contributed by atoms with van der Waals surface area (Å²) < 4.78 is 18.5. The molecule has 0 bridgehead atoms. The van der Waals surface area contributed by atoms with Crippen LogP contribution in [0.25, 0.3) is 21.1 Å². The zero-order chi connectivity index (χ0) is 22.5. The number of benzene rings is 2. The summed E-state index contributed by atoms with van der Waals surface area (Å²) in [5, 5.41) is 12.7. The molecule has 162 valence electrons. The summed E-state index contributed by atoms with van der Waals surface area (Å²) in [6, 6.07) is 17.2. The molecule has 0 radical (unpaired) electrons. The minimum Gasteiger partial charge on any atom is -0.497 e. The van der Waals surface area contributed by atoms with Crippen LogP contribution in [0.1, 0.15) is 5.69 Å². The van der Waals surface area contributed by atoms with E-state index in [4.69, 9.17) is 4.74 Å². The first-order chi connectivity index (χ1) is 15.5. The number of thiazole rings is 1. The third-order valence-electron chi connectivity index (χ3n) is 4.45. The Morgan fingerprint density at radius 2 is 1.97 bits per heavy atom. The molecular weight excluding hydrogens is 447 g/mol. The number of aromatic nitrogens is 3. The van der Waals surface area contributed by atoms with E-state index in [2.05, 4.69) is 20.5 Å². The molecule has 0 atom stereocenters. The lowest BCUT2D eigenvalue weighted by atomic mass is 10.2. The second-order valence-electron chi connectivity index (χ2n) is 6.77. The van der Waals surface area contributed by atoms with E-state index in [1.54, 1.807) is 30.6 Å². The van der Waals surface area contributed by atoms with Crippen molar-refractivity contribution < 1.29 is 13.9 Å². The highest BCUT2D eigenvalue weighted by atomic mass is 32.2. The zero-order valence-corrected chi connectivity index (χ0v) is 19.0. The lowest BCUT2D eigenvalue weighted by molar-refractivity contribution is -0.113. The van der Waals surface area contributed by atoms with Crippen molar-refractivity contribution in [3.05, 3.63) is 72.2 Å². The Bertz CT molecular complexity index is 1240. The molecule has 9 heteroatoms. The Labute approximate surface area is 192 Å². The summed E-state index contributed by atoms with van der Waals surface area (Å²) in [7, 11) is 1.64. The van der Waals surface area contributed by atoms with Crippen molar-refractivity contribution in [1.82, 2.24) is 15.2 Å². The number of methoxy groups -OCH3 is 1. The van der Waals surface area contributed by atoms with Gasteiger partial charge >= 0.3 is 0 Å². The fourth-order valence-corrected chi connectivity index (χ4v) is 4.58. The molecule has 32 heavy (non-hydrogen) atoms. The van der Waals surface area contributed by atoms with Crippen LogP contribution in [0.5, 0.6) is 5.75 Å². The topological polar surface area (TPSA) is 77.0 Å². The van der Waals surface area contributed by atoms with E-state index < -0.39 is 5.82 Å². The SMILES string of the molecule is COc1cccc(-c2nc(C)c(-c3ccc(SCC(=O)Nc4cccc(F)c4)nn3)s2)c1. The predicted molar refractivity (Wildman–Crippen MR) is 126 cm³/mol. The van der Waals surface area contributed by atoms with Crippen molar-refractivity contribution in [2.45, 2.75) is 11.9 Å². The summed E-state index contributed by atoms with van der Waals surface area (Å²) in [6.45, 7) is 1.94. The van der Waals surface area contributed by atoms with Crippen LogP contribution >= 0.6 is 23.1 Å². The number of hydrogen-bond acceptors (Lipinski definition) is 7. The maximum Gasteiger partial charge on any atom is 0.234 e. The van der Waals surface area contributed by atoms with E-state index in [1.165, 1.54) is 23.9 Å². The van der Waals surface area contributed by atoms with Crippen LogP contribution in [0.15, 0.2) is 65.7 Å². The van der Waals surface area contributed by atoms with Gasteiger partial charge in [0.1, 0.15) is 27.3 Å². The first-order valence-electron chi connectivity index (χ1n) is 9.66. The van der Waals surface area contributed by atoms with Gasteiger partial charge < -0.3 is 10.1 Å². The highest BCUT2D eigenvalue weighted by Gasteiger charge is 2.14. The average molecular weight is 467 g/mol. The Kier molecular flexibility index (Phi) is 6.77. The van der Waals surface area contributed by atoms with Gasteiger partial charge in [-0.2, -0.15) is 0 Å². The number of nitrogens with zero attached hydrogens (tertiary/aromatic N) is 3. The Hall–Kier alpha value is -3.30. The molecule has 0 aliphatic carbocycles. The van der Waals surface area contributed by atoms with Gasteiger partial charge in [-0.05, 0) is 49.4 Å². The monoisotopic (exact) mass is 466 g/mol. The molecule has 0 saturated heterocycles. The highest BCUT2D eigenvalue weighted by Crippen LogP contribution is 2.35. The quantitative estimate of drug-likeness (QED) is 0.365. The van der Waals surface area contributed by atoms with Crippen molar-refractivity contribution in [1.29, 1.82) is 0 Å². The number of ether oxygens (including phenoxy) is 1. The number of amides is 1.